The third-order valence-electron chi connectivity index (χ3n) is 4.84. The van der Waals surface area contributed by atoms with Gasteiger partial charge in [0, 0.05) is 25.0 Å². The van der Waals surface area contributed by atoms with Crippen molar-refractivity contribution in [2.75, 3.05) is 7.11 Å². The molecular weight excluding hydrogens is 388 g/mol. The van der Waals surface area contributed by atoms with Crippen molar-refractivity contribution in [3.63, 3.8) is 0 Å². The van der Waals surface area contributed by atoms with Crippen LogP contribution in [0.25, 0.3) is 6.08 Å². The van der Waals surface area contributed by atoms with Crippen LogP contribution in [0.4, 0.5) is 0 Å². The zero-order valence-corrected chi connectivity index (χ0v) is 17.5. The maximum Gasteiger partial charge on any atom is 0.337 e. The lowest BCUT2D eigenvalue weighted by molar-refractivity contribution is -0.112. The number of hydrogen-bond acceptors (Lipinski definition) is 6. The zero-order chi connectivity index (χ0) is 21.0. The van der Waals surface area contributed by atoms with Crippen molar-refractivity contribution in [3.05, 3.63) is 64.3 Å². The molecule has 1 aromatic carbocycles. The highest BCUT2D eigenvalue weighted by Crippen LogP contribution is 2.42. The summed E-state index contributed by atoms with van der Waals surface area (Å²) in [6.45, 7) is 2.04. The minimum atomic E-state index is -1.32. The number of nitrogens with zero attached hydrogens (tertiary/aromatic N) is 2. The first-order valence-electron chi connectivity index (χ1n) is 9.43. The first-order chi connectivity index (χ1) is 13.9. The number of methoxy groups -OCH3 is 1. The molecule has 0 saturated heterocycles. The lowest BCUT2D eigenvalue weighted by Gasteiger charge is -2.22. The number of aromatic nitrogens is 2. The second kappa shape index (κ2) is 8.80. The van der Waals surface area contributed by atoms with Crippen molar-refractivity contribution < 1.29 is 19.4 Å². The Kier molecular flexibility index (Phi) is 6.39. The fourth-order valence-corrected chi connectivity index (χ4v) is 4.13. The van der Waals surface area contributed by atoms with Gasteiger partial charge in [-0.25, -0.2) is 9.78 Å². The fourth-order valence-electron chi connectivity index (χ4n) is 3.16. The summed E-state index contributed by atoms with van der Waals surface area (Å²) in [5.41, 5.74) is 0.181. The van der Waals surface area contributed by atoms with E-state index in [-0.39, 0.29) is 5.78 Å². The van der Waals surface area contributed by atoms with Crippen molar-refractivity contribution >= 4 is 29.6 Å². The van der Waals surface area contributed by atoms with Gasteiger partial charge in [-0.2, -0.15) is 0 Å². The Labute approximate surface area is 174 Å². The normalized spacial score (nSPS) is 20.2. The summed E-state index contributed by atoms with van der Waals surface area (Å²) < 4.78 is 6.54. The number of carbonyl (C=O) groups is 2. The lowest BCUT2D eigenvalue weighted by atomic mass is 9.89. The van der Waals surface area contributed by atoms with Crippen LogP contribution in [-0.2, 0) is 16.6 Å². The minimum Gasteiger partial charge on any atom is -0.465 e. The number of esters is 1. The largest absolute Gasteiger partial charge is 0.465 e. The van der Waals surface area contributed by atoms with E-state index >= 15 is 0 Å². The molecule has 1 N–H and O–H groups in total. The molecule has 1 heterocycles. The molecule has 0 radical (unpaired) electrons. The monoisotopic (exact) mass is 412 g/mol. The first kappa shape index (κ1) is 21.1. The number of imidazole rings is 1. The molecule has 0 fully saturated rings. The molecule has 6 nitrogen and oxygen atoms in total. The highest BCUT2D eigenvalue weighted by Gasteiger charge is 2.41. The summed E-state index contributed by atoms with van der Waals surface area (Å²) in [5, 5.41) is 12.0. The number of carbonyl (C=O) groups excluding carboxylic acids is 2. The van der Waals surface area contributed by atoms with E-state index in [1.54, 1.807) is 42.6 Å². The van der Waals surface area contributed by atoms with Gasteiger partial charge in [-0.15, -0.1) is 0 Å². The van der Waals surface area contributed by atoms with E-state index in [0.717, 1.165) is 18.4 Å². The molecular formula is C22H24N2O4S. The van der Waals surface area contributed by atoms with Crippen molar-refractivity contribution in [2.24, 2.45) is 7.05 Å². The molecule has 7 heteroatoms. The molecule has 0 amide bonds. The van der Waals surface area contributed by atoms with Gasteiger partial charge in [-0.05, 0) is 48.0 Å². The summed E-state index contributed by atoms with van der Waals surface area (Å²) in [4.78, 5) is 29.5. The van der Waals surface area contributed by atoms with Crippen LogP contribution in [0.2, 0.25) is 0 Å². The van der Waals surface area contributed by atoms with Crippen LogP contribution in [0.15, 0.2) is 58.4 Å². The Balaban J connectivity index is 1.93. The van der Waals surface area contributed by atoms with Gasteiger partial charge in [0.15, 0.2) is 10.9 Å². The number of thioether (sulfide) groups is 1. The highest BCUT2D eigenvalue weighted by atomic mass is 32.2. The number of rotatable bonds is 7. The molecule has 1 aliphatic carbocycles. The number of hydrogen-bond donors (Lipinski definition) is 1. The van der Waals surface area contributed by atoms with E-state index in [4.69, 9.17) is 4.74 Å². The van der Waals surface area contributed by atoms with Crippen molar-refractivity contribution in [1.82, 2.24) is 9.55 Å². The summed E-state index contributed by atoms with van der Waals surface area (Å²) in [6, 6.07) is 6.74. The fraction of sp³-hybridized carbons (Fsp3) is 0.318. The Hall–Kier alpha value is -2.64. The molecule has 1 aromatic heterocycles. The quantitative estimate of drug-likeness (QED) is 0.551. The van der Waals surface area contributed by atoms with Crippen LogP contribution >= 0.6 is 11.8 Å². The zero-order valence-electron chi connectivity index (χ0n) is 16.7. The second-order valence-corrected chi connectivity index (χ2v) is 7.97. The Bertz CT molecular complexity index is 975. The number of aryl methyl sites for hydroxylation is 1. The standard InChI is InChI=1S/C22H24N2O4S/c1-4-5-10-22(27)14-18(29-21-23-11-12-24(21)2)19(25)17(22)13-15-6-8-16(9-7-15)20(26)28-3/h6-9,11-14,27H,4-5,10H2,1-3H3/b17-13-. The SMILES string of the molecule is CCCCC1(O)C=C(Sc2nccn2C)C(=O)/C1=C/c1ccc(C(=O)OC)cc1. The third-order valence-corrected chi connectivity index (χ3v) is 5.94. The molecule has 29 heavy (non-hydrogen) atoms. The van der Waals surface area contributed by atoms with Gasteiger partial charge in [0.1, 0.15) is 5.60 Å². The maximum atomic E-state index is 13.1. The molecule has 1 unspecified atom stereocenters. The molecule has 0 aliphatic heterocycles. The van der Waals surface area contributed by atoms with Crippen LogP contribution in [0.1, 0.15) is 42.1 Å². The molecule has 1 atom stereocenters. The van der Waals surface area contributed by atoms with Crippen LogP contribution in [0.5, 0.6) is 0 Å². The van der Waals surface area contributed by atoms with Gasteiger partial charge in [-0.3, -0.25) is 4.79 Å². The topological polar surface area (TPSA) is 81.4 Å². The number of allylic oxidation sites excluding steroid dienone is 1. The maximum absolute atomic E-state index is 13.1. The molecule has 0 bridgehead atoms. The number of benzene rings is 1. The Morgan fingerprint density at radius 2 is 2.07 bits per heavy atom. The molecule has 0 spiro atoms. The van der Waals surface area contributed by atoms with Crippen molar-refractivity contribution in [2.45, 2.75) is 36.9 Å². The van der Waals surface area contributed by atoms with Gasteiger partial charge in [0.05, 0.1) is 17.6 Å². The average molecular weight is 413 g/mol. The number of Topliss-reactive ketones (excluding diaryl/α,β-unsaturated/α-hetero) is 1. The minimum absolute atomic E-state index is 0.200. The lowest BCUT2D eigenvalue weighted by Crippen LogP contribution is -2.27. The van der Waals surface area contributed by atoms with E-state index in [9.17, 15) is 14.7 Å². The predicted octanol–water partition coefficient (Wildman–Crippen LogP) is 3.77. The van der Waals surface area contributed by atoms with Crippen LogP contribution in [-0.4, -0.2) is 39.1 Å². The summed E-state index contributed by atoms with van der Waals surface area (Å²) in [7, 11) is 3.19. The van der Waals surface area contributed by atoms with Crippen LogP contribution < -0.4 is 0 Å². The smallest absolute Gasteiger partial charge is 0.337 e. The van der Waals surface area contributed by atoms with Gasteiger partial charge >= 0.3 is 5.97 Å². The average Bonchev–Trinajstić information content (AvgIpc) is 3.23. The number of aliphatic hydroxyl groups is 1. The molecule has 0 saturated carbocycles. The molecule has 1 aliphatic rings. The van der Waals surface area contributed by atoms with Gasteiger partial charge < -0.3 is 14.4 Å². The van der Waals surface area contributed by atoms with Gasteiger partial charge in [0.2, 0.25) is 0 Å². The number of unbranched alkanes of at least 4 members (excludes halogenated alkanes) is 1. The second-order valence-electron chi connectivity index (χ2n) is 6.96. The summed E-state index contributed by atoms with van der Waals surface area (Å²) in [5.74, 6) is -0.621. The van der Waals surface area contributed by atoms with Crippen molar-refractivity contribution in [1.29, 1.82) is 0 Å². The molecule has 2 aromatic rings. The highest BCUT2D eigenvalue weighted by molar-refractivity contribution is 8.03. The summed E-state index contributed by atoms with van der Waals surface area (Å²) >= 11 is 1.25. The third kappa shape index (κ3) is 4.52. The van der Waals surface area contributed by atoms with Gasteiger partial charge in [0.25, 0.3) is 0 Å². The van der Waals surface area contributed by atoms with E-state index in [2.05, 4.69) is 4.98 Å². The van der Waals surface area contributed by atoms with Gasteiger partial charge in [-0.1, -0.05) is 31.9 Å². The van der Waals surface area contributed by atoms with E-state index in [0.29, 0.717) is 27.6 Å². The number of ether oxygens (including phenoxy) is 1. The van der Waals surface area contributed by atoms with E-state index < -0.39 is 11.6 Å². The summed E-state index contributed by atoms with van der Waals surface area (Å²) in [6.07, 6.45) is 9.00. The van der Waals surface area contributed by atoms with Crippen LogP contribution in [0, 0.1) is 0 Å². The van der Waals surface area contributed by atoms with Crippen LogP contribution in [0.3, 0.4) is 0 Å². The Morgan fingerprint density at radius 1 is 1.34 bits per heavy atom. The number of ketones is 1. The van der Waals surface area contributed by atoms with E-state index in [1.807, 2.05) is 24.7 Å². The predicted molar refractivity (Wildman–Crippen MR) is 112 cm³/mol. The first-order valence-corrected chi connectivity index (χ1v) is 10.2. The van der Waals surface area contributed by atoms with Crippen molar-refractivity contribution in [3.8, 4) is 0 Å². The Morgan fingerprint density at radius 3 is 2.66 bits per heavy atom. The molecule has 152 valence electrons. The molecule has 3 rings (SSSR count). The van der Waals surface area contributed by atoms with E-state index in [1.165, 1.54) is 18.9 Å².